The van der Waals surface area contributed by atoms with Crippen LogP contribution in [0.2, 0.25) is 0 Å². The highest BCUT2D eigenvalue weighted by molar-refractivity contribution is 5.94. The predicted molar refractivity (Wildman–Crippen MR) is 97.1 cm³/mol. The van der Waals surface area contributed by atoms with Crippen LogP contribution >= 0.6 is 0 Å². The minimum absolute atomic E-state index is 0.203. The summed E-state index contributed by atoms with van der Waals surface area (Å²) in [7, 11) is 0. The Kier molecular flexibility index (Phi) is 4.52. The summed E-state index contributed by atoms with van der Waals surface area (Å²) >= 11 is 0. The van der Waals surface area contributed by atoms with Gasteiger partial charge in [0.15, 0.2) is 0 Å². The molecule has 0 unspecified atom stereocenters. The summed E-state index contributed by atoms with van der Waals surface area (Å²) in [5, 5.41) is 2.79. The molecule has 0 radical (unpaired) electrons. The lowest BCUT2D eigenvalue weighted by atomic mass is 10.1. The van der Waals surface area contributed by atoms with E-state index < -0.39 is 11.1 Å². The van der Waals surface area contributed by atoms with E-state index in [9.17, 15) is 14.4 Å². The number of benzene rings is 2. The van der Waals surface area contributed by atoms with E-state index in [-0.39, 0.29) is 19.0 Å². The molecule has 0 saturated carbocycles. The maximum atomic E-state index is 12.2. The van der Waals surface area contributed by atoms with Gasteiger partial charge in [0, 0.05) is 18.7 Å². The molecule has 25 heavy (non-hydrogen) atoms. The summed E-state index contributed by atoms with van der Waals surface area (Å²) in [4.78, 5) is 38.7. The van der Waals surface area contributed by atoms with Crippen molar-refractivity contribution in [3.63, 3.8) is 0 Å². The van der Waals surface area contributed by atoms with Gasteiger partial charge in [0.2, 0.25) is 0 Å². The van der Waals surface area contributed by atoms with Gasteiger partial charge in [-0.25, -0.2) is 0 Å². The first kappa shape index (κ1) is 16.7. The van der Waals surface area contributed by atoms with Crippen molar-refractivity contribution in [2.45, 2.75) is 20.4 Å². The molecule has 1 amide bonds. The van der Waals surface area contributed by atoms with Crippen molar-refractivity contribution in [1.82, 2.24) is 14.9 Å². The molecule has 0 aliphatic heterocycles. The van der Waals surface area contributed by atoms with Gasteiger partial charge in [0.05, 0.1) is 11.0 Å². The molecule has 3 aromatic rings. The second-order valence-electron chi connectivity index (χ2n) is 5.98. The number of carbonyl (C=O) groups is 1. The molecule has 0 aliphatic carbocycles. The van der Waals surface area contributed by atoms with E-state index in [0.717, 1.165) is 11.1 Å². The van der Waals surface area contributed by atoms with Crippen LogP contribution in [0, 0.1) is 13.8 Å². The number of aromatic amines is 1. The number of rotatable bonds is 4. The molecule has 0 atom stereocenters. The number of carbonyl (C=O) groups excluding carboxylic acids is 1. The number of hydrogen-bond acceptors (Lipinski definition) is 3. The minimum atomic E-state index is -0.667. The number of H-pyrrole nitrogens is 1. The molecule has 0 spiro atoms. The number of aryl methyl sites for hydroxylation is 2. The van der Waals surface area contributed by atoms with Crippen LogP contribution in [0.25, 0.3) is 11.0 Å². The van der Waals surface area contributed by atoms with Gasteiger partial charge >= 0.3 is 11.1 Å². The van der Waals surface area contributed by atoms with Crippen LogP contribution in [0.15, 0.2) is 52.1 Å². The molecule has 0 saturated heterocycles. The SMILES string of the molecule is Cc1ccc(C(=O)NCCn2c(=O)c(=O)[nH]c3ccccc32)cc1C. The zero-order chi connectivity index (χ0) is 18.0. The Labute approximate surface area is 144 Å². The van der Waals surface area contributed by atoms with Gasteiger partial charge in [0.1, 0.15) is 0 Å². The van der Waals surface area contributed by atoms with Crippen molar-refractivity contribution in [2.24, 2.45) is 0 Å². The number of nitrogens with one attached hydrogen (secondary N) is 2. The molecule has 2 aromatic carbocycles. The molecule has 1 aromatic heterocycles. The van der Waals surface area contributed by atoms with E-state index in [2.05, 4.69) is 10.3 Å². The monoisotopic (exact) mass is 337 g/mol. The maximum Gasteiger partial charge on any atom is 0.316 e. The summed E-state index contributed by atoms with van der Waals surface area (Å²) in [5.41, 5.74) is 2.67. The molecule has 0 bridgehead atoms. The summed E-state index contributed by atoms with van der Waals surface area (Å²) in [6, 6.07) is 12.6. The van der Waals surface area contributed by atoms with Crippen LogP contribution < -0.4 is 16.4 Å². The van der Waals surface area contributed by atoms with Gasteiger partial charge < -0.3 is 14.9 Å². The van der Waals surface area contributed by atoms with E-state index in [1.807, 2.05) is 26.0 Å². The average Bonchev–Trinajstić information content (AvgIpc) is 2.60. The first-order valence-corrected chi connectivity index (χ1v) is 8.04. The van der Waals surface area contributed by atoms with Crippen LogP contribution in [0.4, 0.5) is 0 Å². The molecular weight excluding hydrogens is 318 g/mol. The number of amides is 1. The first-order valence-electron chi connectivity index (χ1n) is 8.04. The lowest BCUT2D eigenvalue weighted by molar-refractivity contribution is 0.0952. The average molecular weight is 337 g/mol. The van der Waals surface area contributed by atoms with Crippen molar-refractivity contribution in [1.29, 1.82) is 0 Å². The Bertz CT molecular complexity index is 1060. The molecule has 0 fully saturated rings. The van der Waals surface area contributed by atoms with Crippen LogP contribution in [0.3, 0.4) is 0 Å². The summed E-state index contributed by atoms with van der Waals surface area (Å²) in [6.07, 6.45) is 0. The Morgan fingerprint density at radius 2 is 1.84 bits per heavy atom. The summed E-state index contributed by atoms with van der Waals surface area (Å²) < 4.78 is 1.38. The number of aromatic nitrogens is 2. The minimum Gasteiger partial charge on any atom is -0.350 e. The Morgan fingerprint density at radius 3 is 2.60 bits per heavy atom. The molecule has 0 aliphatic rings. The van der Waals surface area contributed by atoms with E-state index in [4.69, 9.17) is 0 Å². The van der Waals surface area contributed by atoms with Crippen LogP contribution in [-0.2, 0) is 6.54 Å². The predicted octanol–water partition coefficient (Wildman–Crippen LogP) is 1.74. The molecule has 3 rings (SSSR count). The fraction of sp³-hybridized carbons (Fsp3) is 0.211. The molecule has 1 heterocycles. The molecule has 6 heteroatoms. The quantitative estimate of drug-likeness (QED) is 0.711. The highest BCUT2D eigenvalue weighted by Gasteiger charge is 2.09. The summed E-state index contributed by atoms with van der Waals surface area (Å²) in [5.74, 6) is -0.203. The standard InChI is InChI=1S/C19H19N3O3/c1-12-7-8-14(11-13(12)2)17(23)20-9-10-22-16-6-4-3-5-15(16)21-18(24)19(22)25/h3-8,11H,9-10H2,1-2H3,(H,20,23)(H,21,24). The van der Waals surface area contributed by atoms with E-state index in [0.29, 0.717) is 16.6 Å². The number of fused-ring (bicyclic) bond motifs is 1. The van der Waals surface area contributed by atoms with Gasteiger partial charge in [-0.05, 0) is 49.2 Å². The molecule has 6 nitrogen and oxygen atoms in total. The second-order valence-corrected chi connectivity index (χ2v) is 5.98. The number of para-hydroxylation sites is 2. The third-order valence-corrected chi connectivity index (χ3v) is 4.27. The van der Waals surface area contributed by atoms with Gasteiger partial charge in [-0.2, -0.15) is 0 Å². The number of hydrogen-bond donors (Lipinski definition) is 2. The topological polar surface area (TPSA) is 84.0 Å². The Hall–Kier alpha value is -3.15. The zero-order valence-corrected chi connectivity index (χ0v) is 14.1. The lowest BCUT2D eigenvalue weighted by Gasteiger charge is -2.11. The fourth-order valence-corrected chi connectivity index (χ4v) is 2.71. The highest BCUT2D eigenvalue weighted by atomic mass is 16.2. The van der Waals surface area contributed by atoms with Crippen molar-refractivity contribution in [2.75, 3.05) is 6.54 Å². The van der Waals surface area contributed by atoms with E-state index >= 15 is 0 Å². The van der Waals surface area contributed by atoms with Crippen molar-refractivity contribution in [3.05, 3.63) is 79.9 Å². The van der Waals surface area contributed by atoms with Gasteiger partial charge in [-0.15, -0.1) is 0 Å². The lowest BCUT2D eigenvalue weighted by Crippen LogP contribution is -2.39. The van der Waals surface area contributed by atoms with Crippen molar-refractivity contribution >= 4 is 16.9 Å². The Morgan fingerprint density at radius 1 is 1.08 bits per heavy atom. The molecular formula is C19H19N3O3. The molecule has 2 N–H and O–H groups in total. The van der Waals surface area contributed by atoms with Crippen LogP contribution in [0.1, 0.15) is 21.5 Å². The normalized spacial score (nSPS) is 10.8. The fourth-order valence-electron chi connectivity index (χ4n) is 2.71. The second kappa shape index (κ2) is 6.76. The number of nitrogens with zero attached hydrogens (tertiary/aromatic N) is 1. The van der Waals surface area contributed by atoms with Crippen molar-refractivity contribution in [3.8, 4) is 0 Å². The Balaban J connectivity index is 1.78. The van der Waals surface area contributed by atoms with Crippen LogP contribution in [-0.4, -0.2) is 22.0 Å². The zero-order valence-electron chi connectivity index (χ0n) is 14.1. The van der Waals surface area contributed by atoms with Crippen LogP contribution in [0.5, 0.6) is 0 Å². The third kappa shape index (κ3) is 3.38. The largest absolute Gasteiger partial charge is 0.350 e. The first-order chi connectivity index (χ1) is 12.0. The summed E-state index contributed by atoms with van der Waals surface area (Å²) in [6.45, 7) is 4.41. The third-order valence-electron chi connectivity index (χ3n) is 4.27. The highest BCUT2D eigenvalue weighted by Crippen LogP contribution is 2.10. The van der Waals surface area contributed by atoms with E-state index in [1.54, 1.807) is 30.3 Å². The maximum absolute atomic E-state index is 12.2. The van der Waals surface area contributed by atoms with Crippen molar-refractivity contribution < 1.29 is 4.79 Å². The van der Waals surface area contributed by atoms with Gasteiger partial charge in [-0.1, -0.05) is 18.2 Å². The molecule has 128 valence electrons. The van der Waals surface area contributed by atoms with E-state index in [1.165, 1.54) is 4.57 Å². The smallest absolute Gasteiger partial charge is 0.316 e. The van der Waals surface area contributed by atoms with Gasteiger partial charge in [0.25, 0.3) is 5.91 Å². The van der Waals surface area contributed by atoms with Gasteiger partial charge in [-0.3, -0.25) is 14.4 Å².